The largest absolute Gasteiger partial charge is 0.544 e. The van der Waals surface area contributed by atoms with Gasteiger partial charge in [-0.3, -0.25) is 4.48 Å². The molecule has 2 N–H and O–H groups in total. The van der Waals surface area contributed by atoms with Crippen molar-refractivity contribution in [2.45, 2.75) is 97.2 Å². The number of unbranched alkanes of at least 4 members (excludes halogenated alkanes) is 3. The van der Waals surface area contributed by atoms with Crippen LogP contribution in [0.2, 0.25) is 0 Å². The summed E-state index contributed by atoms with van der Waals surface area (Å²) in [5.41, 5.74) is 0. The van der Waals surface area contributed by atoms with Gasteiger partial charge in [-0.1, -0.05) is 39.8 Å². The third-order valence-corrected chi connectivity index (χ3v) is 5.56. The number of hydrogen-bond donors (Lipinski definition) is 2. The SMILES string of the molecule is CC/C=C/CCCCC[N+](C(CC)C(=O)[O-])(C(CC)C(=O)O)C(CC)C(=O)O. The molecule has 0 aromatic carbocycles. The molecule has 0 aliphatic carbocycles. The van der Waals surface area contributed by atoms with Crippen molar-refractivity contribution in [3.63, 3.8) is 0 Å². The third-order valence-electron chi connectivity index (χ3n) is 5.56. The van der Waals surface area contributed by atoms with E-state index in [1.807, 2.05) is 0 Å². The Hall–Kier alpha value is -1.89. The molecule has 7 heteroatoms. The lowest BCUT2D eigenvalue weighted by molar-refractivity contribution is -0.974. The molecule has 0 heterocycles. The standard InChI is InChI=1S/C21H37NO6/c1-5-9-10-11-12-13-14-15-22(16(6-2)19(23)24,17(7-3)20(25)26)18(8-4)21(27)28/h9-10,16-18H,5-8,11-15H2,1-4H3,(H2-,23,24,25,26,27,28)/b10-9+. The molecule has 0 radical (unpaired) electrons. The van der Waals surface area contributed by atoms with Crippen molar-refractivity contribution in [2.75, 3.05) is 6.54 Å². The first kappa shape index (κ1) is 26.1. The zero-order valence-electron chi connectivity index (χ0n) is 17.7. The first-order chi connectivity index (χ1) is 13.2. The van der Waals surface area contributed by atoms with Crippen LogP contribution in [0.15, 0.2) is 12.2 Å². The summed E-state index contributed by atoms with van der Waals surface area (Å²) in [7, 11) is 0. The maximum Gasteiger partial charge on any atom is 0.362 e. The molecule has 3 unspecified atom stereocenters. The summed E-state index contributed by atoms with van der Waals surface area (Å²) in [6.45, 7) is 7.22. The van der Waals surface area contributed by atoms with Crippen molar-refractivity contribution in [1.29, 1.82) is 0 Å². The van der Waals surface area contributed by atoms with E-state index in [-0.39, 0.29) is 25.8 Å². The number of nitrogens with zero attached hydrogens (tertiary/aromatic N) is 1. The molecule has 0 aliphatic heterocycles. The van der Waals surface area contributed by atoms with E-state index in [0.717, 1.165) is 25.7 Å². The molecule has 0 saturated heterocycles. The second kappa shape index (κ2) is 13.3. The summed E-state index contributed by atoms with van der Waals surface area (Å²) in [4.78, 5) is 36.0. The van der Waals surface area contributed by atoms with Crippen LogP contribution in [0.1, 0.15) is 79.1 Å². The highest BCUT2D eigenvalue weighted by atomic mass is 16.4. The summed E-state index contributed by atoms with van der Waals surface area (Å²) in [6, 6.07) is -3.39. The lowest BCUT2D eigenvalue weighted by Gasteiger charge is -2.51. The highest BCUT2D eigenvalue weighted by Crippen LogP contribution is 2.32. The summed E-state index contributed by atoms with van der Waals surface area (Å²) in [5, 5.41) is 31.6. The molecule has 0 rings (SSSR count). The fraction of sp³-hybridized carbons (Fsp3) is 0.762. The Kier molecular flexibility index (Phi) is 12.4. The Labute approximate surface area is 168 Å². The molecule has 3 atom stereocenters. The normalized spacial score (nSPS) is 17.0. The van der Waals surface area contributed by atoms with Crippen molar-refractivity contribution in [3.8, 4) is 0 Å². The molecule has 28 heavy (non-hydrogen) atoms. The molecule has 0 fully saturated rings. The number of allylic oxidation sites excluding steroid dienone is 2. The van der Waals surface area contributed by atoms with Crippen LogP contribution in [0.4, 0.5) is 0 Å². The highest BCUT2D eigenvalue weighted by Gasteiger charge is 2.53. The number of aliphatic carboxylic acids is 3. The number of carbonyl (C=O) groups is 3. The molecule has 0 aromatic rings. The molecule has 7 nitrogen and oxygen atoms in total. The van der Waals surface area contributed by atoms with Crippen molar-refractivity contribution in [2.24, 2.45) is 0 Å². The second-order valence-electron chi connectivity index (χ2n) is 7.22. The fourth-order valence-corrected chi connectivity index (χ4v) is 4.37. The van der Waals surface area contributed by atoms with Gasteiger partial charge < -0.3 is 20.1 Å². The van der Waals surface area contributed by atoms with Crippen LogP contribution in [-0.2, 0) is 14.4 Å². The number of rotatable bonds is 16. The maximum absolute atomic E-state index is 12.0. The number of hydrogen-bond acceptors (Lipinski definition) is 4. The Morgan fingerprint density at radius 2 is 1.32 bits per heavy atom. The third kappa shape index (κ3) is 6.62. The monoisotopic (exact) mass is 399 g/mol. The van der Waals surface area contributed by atoms with Crippen molar-refractivity contribution >= 4 is 17.9 Å². The quantitative estimate of drug-likeness (QED) is 0.234. The number of carboxylic acids is 3. The van der Waals surface area contributed by atoms with Gasteiger partial charge in [0.25, 0.3) is 0 Å². The molecule has 0 amide bonds. The van der Waals surface area contributed by atoms with Gasteiger partial charge in [0.05, 0.1) is 12.5 Å². The Bertz CT molecular complexity index is 476. The highest BCUT2D eigenvalue weighted by molar-refractivity contribution is 5.77. The van der Waals surface area contributed by atoms with Crippen molar-refractivity contribution in [1.82, 2.24) is 0 Å². The average Bonchev–Trinajstić information content (AvgIpc) is 2.61. The van der Waals surface area contributed by atoms with Gasteiger partial charge in [-0.15, -0.1) is 0 Å². The van der Waals surface area contributed by atoms with E-state index in [2.05, 4.69) is 19.1 Å². The van der Waals surface area contributed by atoms with Gasteiger partial charge in [0.1, 0.15) is 6.04 Å². The zero-order chi connectivity index (χ0) is 21.7. The van der Waals surface area contributed by atoms with E-state index in [4.69, 9.17) is 0 Å². The lowest BCUT2D eigenvalue weighted by Crippen LogP contribution is -2.73. The van der Waals surface area contributed by atoms with Crippen molar-refractivity contribution < 1.29 is 34.2 Å². The number of quaternary nitrogens is 1. The lowest BCUT2D eigenvalue weighted by atomic mass is 9.94. The predicted octanol–water partition coefficient (Wildman–Crippen LogP) is 2.58. The molecule has 0 spiro atoms. The fourth-order valence-electron chi connectivity index (χ4n) is 4.37. The number of carboxylic acid groups (broad SMARTS) is 3. The molecule has 0 saturated carbocycles. The van der Waals surface area contributed by atoms with E-state index in [9.17, 15) is 29.7 Å². The van der Waals surface area contributed by atoms with Crippen LogP contribution < -0.4 is 5.11 Å². The van der Waals surface area contributed by atoms with E-state index < -0.39 is 40.5 Å². The first-order valence-corrected chi connectivity index (χ1v) is 10.4. The molecular formula is C21H37NO6. The second-order valence-corrected chi connectivity index (χ2v) is 7.22. The zero-order valence-corrected chi connectivity index (χ0v) is 17.7. The van der Waals surface area contributed by atoms with Crippen LogP contribution in [0.5, 0.6) is 0 Å². The first-order valence-electron chi connectivity index (χ1n) is 10.4. The summed E-state index contributed by atoms with van der Waals surface area (Å²) >= 11 is 0. The molecular weight excluding hydrogens is 362 g/mol. The topological polar surface area (TPSA) is 115 Å². The molecule has 0 bridgehead atoms. The minimum Gasteiger partial charge on any atom is -0.544 e. The number of carbonyl (C=O) groups excluding carboxylic acids is 1. The van der Waals surface area contributed by atoms with Gasteiger partial charge in [-0.2, -0.15) is 0 Å². The Morgan fingerprint density at radius 3 is 1.68 bits per heavy atom. The van der Waals surface area contributed by atoms with E-state index in [1.54, 1.807) is 20.8 Å². The van der Waals surface area contributed by atoms with Gasteiger partial charge in [0.2, 0.25) is 0 Å². The van der Waals surface area contributed by atoms with Gasteiger partial charge >= 0.3 is 11.9 Å². The molecule has 0 aliphatic rings. The van der Waals surface area contributed by atoms with Gasteiger partial charge in [0, 0.05) is 19.3 Å². The minimum absolute atomic E-state index is 0.120. The Balaban J connectivity index is 5.96. The van der Waals surface area contributed by atoms with Crippen LogP contribution in [0, 0.1) is 0 Å². The Morgan fingerprint density at radius 1 is 0.821 bits per heavy atom. The van der Waals surface area contributed by atoms with E-state index >= 15 is 0 Å². The molecule has 0 aromatic heterocycles. The van der Waals surface area contributed by atoms with Crippen LogP contribution in [0.3, 0.4) is 0 Å². The average molecular weight is 400 g/mol. The molecule has 162 valence electrons. The summed E-state index contributed by atoms with van der Waals surface area (Å²) < 4.78 is -0.485. The maximum atomic E-state index is 12.0. The van der Waals surface area contributed by atoms with Gasteiger partial charge in [0.15, 0.2) is 12.1 Å². The predicted molar refractivity (Wildman–Crippen MR) is 106 cm³/mol. The van der Waals surface area contributed by atoms with Crippen LogP contribution >= 0.6 is 0 Å². The summed E-state index contributed by atoms with van der Waals surface area (Å²) in [5.74, 6) is -3.70. The van der Waals surface area contributed by atoms with Crippen LogP contribution in [0.25, 0.3) is 0 Å². The van der Waals surface area contributed by atoms with E-state index in [1.165, 1.54) is 0 Å². The minimum atomic E-state index is -1.38. The summed E-state index contributed by atoms with van der Waals surface area (Å²) in [6.07, 6.45) is 8.72. The van der Waals surface area contributed by atoms with E-state index in [0.29, 0.717) is 6.42 Å². The van der Waals surface area contributed by atoms with Gasteiger partial charge in [-0.25, -0.2) is 9.59 Å². The van der Waals surface area contributed by atoms with Crippen molar-refractivity contribution in [3.05, 3.63) is 12.2 Å². The smallest absolute Gasteiger partial charge is 0.362 e. The van der Waals surface area contributed by atoms with Crippen LogP contribution in [-0.4, -0.2) is 57.3 Å². The van der Waals surface area contributed by atoms with Gasteiger partial charge in [-0.05, 0) is 32.1 Å².